The van der Waals surface area contributed by atoms with Crippen LogP contribution in [0.2, 0.25) is 0 Å². The van der Waals surface area contributed by atoms with E-state index in [2.05, 4.69) is 0 Å². The second-order valence-electron chi connectivity index (χ2n) is 3.91. The number of hydrogen-bond donors (Lipinski definition) is 1. The van der Waals surface area contributed by atoms with Crippen LogP contribution in [-0.4, -0.2) is 47.6 Å². The van der Waals surface area contributed by atoms with E-state index >= 15 is 0 Å². The molecule has 0 spiro atoms. The van der Waals surface area contributed by atoms with Gasteiger partial charge in [-0.05, 0) is 19.9 Å². The van der Waals surface area contributed by atoms with Crippen LogP contribution in [0.25, 0.3) is 0 Å². The van der Waals surface area contributed by atoms with Crippen LogP contribution in [0.15, 0.2) is 0 Å². The Bertz CT molecular complexity index is 226. The highest BCUT2D eigenvalue weighted by Crippen LogP contribution is 2.39. The molecule has 0 aliphatic carbocycles. The molecule has 1 saturated heterocycles. The normalized spacial score (nSPS) is 34.1. The van der Waals surface area contributed by atoms with Gasteiger partial charge >= 0.3 is 12.4 Å². The summed E-state index contributed by atoms with van der Waals surface area (Å²) in [6.45, 7) is 0. The molecule has 1 aliphatic rings. The Morgan fingerprint density at radius 1 is 0.938 bits per heavy atom. The summed E-state index contributed by atoms with van der Waals surface area (Å²) in [6.07, 6.45) is -12.5. The van der Waals surface area contributed by atoms with E-state index in [1.54, 1.807) is 0 Å². The average Bonchev–Trinajstić information content (AvgIpc) is 2.04. The fourth-order valence-corrected chi connectivity index (χ4v) is 1.89. The van der Waals surface area contributed by atoms with Crippen molar-refractivity contribution in [2.24, 2.45) is 0 Å². The molecule has 96 valence electrons. The first-order valence-corrected chi connectivity index (χ1v) is 4.57. The molecule has 0 radical (unpaired) electrons. The van der Waals surface area contributed by atoms with Crippen LogP contribution < -0.4 is 0 Å². The van der Waals surface area contributed by atoms with Crippen LogP contribution in [-0.2, 0) is 0 Å². The highest BCUT2D eigenvalue weighted by Gasteiger charge is 2.55. The third-order valence-corrected chi connectivity index (χ3v) is 2.73. The Hall–Kier alpha value is -0.500. The Kier molecular flexibility index (Phi) is 3.45. The van der Waals surface area contributed by atoms with E-state index in [9.17, 15) is 26.3 Å². The smallest absolute Gasteiger partial charge is 0.393 e. The molecule has 0 aromatic heterocycles. The molecule has 0 aromatic rings. The van der Waals surface area contributed by atoms with Crippen LogP contribution in [0.1, 0.15) is 12.8 Å². The Balaban J connectivity index is 2.91. The van der Waals surface area contributed by atoms with Crippen LogP contribution in [0.5, 0.6) is 0 Å². The second kappa shape index (κ2) is 4.06. The maximum absolute atomic E-state index is 12.4. The van der Waals surface area contributed by atoms with Crippen LogP contribution in [0.4, 0.5) is 26.3 Å². The molecule has 1 rings (SSSR count). The summed E-state index contributed by atoms with van der Waals surface area (Å²) in [4.78, 5) is 0.243. The van der Waals surface area contributed by atoms with E-state index in [0.717, 1.165) is 7.05 Å². The lowest BCUT2D eigenvalue weighted by atomic mass is 9.93. The second-order valence-corrected chi connectivity index (χ2v) is 3.91. The minimum atomic E-state index is -4.76. The SMILES string of the molecule is CN1C(C(F)(F)F)CC(O)CC1C(F)(F)F. The van der Waals surface area contributed by atoms with Gasteiger partial charge in [-0.2, -0.15) is 26.3 Å². The van der Waals surface area contributed by atoms with Crippen molar-refractivity contribution < 1.29 is 31.4 Å². The summed E-state index contributed by atoms with van der Waals surface area (Å²) in [5, 5.41) is 9.07. The number of rotatable bonds is 0. The van der Waals surface area contributed by atoms with Gasteiger partial charge in [0.05, 0.1) is 6.10 Å². The van der Waals surface area contributed by atoms with Crippen molar-refractivity contribution in [3.8, 4) is 0 Å². The van der Waals surface area contributed by atoms with Gasteiger partial charge in [0.2, 0.25) is 0 Å². The minimum Gasteiger partial charge on any atom is -0.393 e. The molecule has 0 saturated carbocycles. The molecule has 16 heavy (non-hydrogen) atoms. The van der Waals surface area contributed by atoms with Gasteiger partial charge in [-0.1, -0.05) is 0 Å². The fraction of sp³-hybridized carbons (Fsp3) is 1.00. The quantitative estimate of drug-likeness (QED) is 0.665. The maximum atomic E-state index is 12.4. The summed E-state index contributed by atoms with van der Waals surface area (Å²) in [5.41, 5.74) is 0. The van der Waals surface area contributed by atoms with Crippen LogP contribution in [0.3, 0.4) is 0 Å². The Morgan fingerprint density at radius 3 is 1.50 bits per heavy atom. The van der Waals surface area contributed by atoms with E-state index in [1.165, 1.54) is 0 Å². The van der Waals surface area contributed by atoms with E-state index in [0.29, 0.717) is 0 Å². The molecule has 1 fully saturated rings. The van der Waals surface area contributed by atoms with E-state index in [4.69, 9.17) is 5.11 Å². The molecule has 1 aliphatic heterocycles. The predicted octanol–water partition coefficient (Wildman–Crippen LogP) is 1.93. The van der Waals surface area contributed by atoms with Gasteiger partial charge in [0.25, 0.3) is 0 Å². The van der Waals surface area contributed by atoms with Crippen LogP contribution in [0, 0.1) is 0 Å². The third-order valence-electron chi connectivity index (χ3n) is 2.73. The van der Waals surface area contributed by atoms with Gasteiger partial charge in [0.1, 0.15) is 12.1 Å². The van der Waals surface area contributed by atoms with E-state index in [-0.39, 0.29) is 4.90 Å². The van der Waals surface area contributed by atoms with Crippen molar-refractivity contribution in [2.45, 2.75) is 43.4 Å². The van der Waals surface area contributed by atoms with E-state index < -0.39 is 43.4 Å². The molecule has 0 bridgehead atoms. The molecule has 0 amide bonds. The number of alkyl halides is 6. The third kappa shape index (κ3) is 2.79. The Labute approximate surface area is 87.8 Å². The largest absolute Gasteiger partial charge is 0.404 e. The molecule has 1 heterocycles. The number of halogens is 6. The molecule has 1 N–H and O–H groups in total. The highest BCUT2D eigenvalue weighted by atomic mass is 19.4. The zero-order valence-corrected chi connectivity index (χ0v) is 8.31. The zero-order valence-electron chi connectivity index (χ0n) is 8.31. The molecular formula is C8H11F6NO. The first-order chi connectivity index (χ1) is 7.03. The lowest BCUT2D eigenvalue weighted by Gasteiger charge is -2.42. The van der Waals surface area contributed by atoms with Gasteiger partial charge in [0, 0.05) is 0 Å². The first kappa shape index (κ1) is 13.6. The monoisotopic (exact) mass is 251 g/mol. The standard InChI is InChI=1S/C8H11F6NO/c1-15-5(7(9,10)11)2-4(16)3-6(15)8(12,13)14/h4-6,16H,2-3H2,1H3. The van der Waals surface area contributed by atoms with E-state index in [1.807, 2.05) is 0 Å². The number of aliphatic hydroxyl groups excluding tert-OH is 1. The van der Waals surface area contributed by atoms with Crippen molar-refractivity contribution in [1.82, 2.24) is 4.90 Å². The molecule has 2 unspecified atom stereocenters. The molecule has 2 nitrogen and oxygen atoms in total. The number of likely N-dealkylation sites (tertiary alicyclic amines) is 1. The summed E-state index contributed by atoms with van der Waals surface area (Å²) >= 11 is 0. The van der Waals surface area contributed by atoms with Crippen LogP contribution >= 0.6 is 0 Å². The number of nitrogens with zero attached hydrogens (tertiary/aromatic N) is 1. The number of piperidine rings is 1. The summed E-state index contributed by atoms with van der Waals surface area (Å²) in [5.74, 6) is 0. The summed E-state index contributed by atoms with van der Waals surface area (Å²) < 4.78 is 74.4. The maximum Gasteiger partial charge on any atom is 0.404 e. The average molecular weight is 251 g/mol. The van der Waals surface area contributed by atoms with Crippen molar-refractivity contribution in [1.29, 1.82) is 0 Å². The van der Waals surface area contributed by atoms with Crippen molar-refractivity contribution >= 4 is 0 Å². The van der Waals surface area contributed by atoms with Gasteiger partial charge in [0.15, 0.2) is 0 Å². The van der Waals surface area contributed by atoms with Gasteiger partial charge in [-0.25, -0.2) is 0 Å². The zero-order chi connectivity index (χ0) is 12.7. The lowest BCUT2D eigenvalue weighted by molar-refractivity contribution is -0.250. The van der Waals surface area contributed by atoms with Gasteiger partial charge < -0.3 is 5.11 Å². The highest BCUT2D eigenvalue weighted by molar-refractivity contribution is 4.93. The summed E-state index contributed by atoms with van der Waals surface area (Å²) in [7, 11) is 0.780. The number of hydrogen-bond acceptors (Lipinski definition) is 2. The predicted molar refractivity (Wildman–Crippen MR) is 42.7 cm³/mol. The molecule has 8 heteroatoms. The van der Waals surface area contributed by atoms with Crippen molar-refractivity contribution in [3.05, 3.63) is 0 Å². The molecule has 0 aromatic carbocycles. The Morgan fingerprint density at radius 2 is 1.25 bits per heavy atom. The minimum absolute atomic E-state index is 0.243. The van der Waals surface area contributed by atoms with Gasteiger partial charge in [-0.15, -0.1) is 0 Å². The first-order valence-electron chi connectivity index (χ1n) is 4.57. The summed E-state index contributed by atoms with van der Waals surface area (Å²) in [6, 6.07) is -4.49. The van der Waals surface area contributed by atoms with Crippen molar-refractivity contribution in [2.75, 3.05) is 7.05 Å². The van der Waals surface area contributed by atoms with Gasteiger partial charge in [-0.3, -0.25) is 4.90 Å². The number of aliphatic hydroxyl groups is 1. The molecular weight excluding hydrogens is 240 g/mol. The fourth-order valence-electron chi connectivity index (χ4n) is 1.89. The van der Waals surface area contributed by atoms with Crippen molar-refractivity contribution in [3.63, 3.8) is 0 Å². The topological polar surface area (TPSA) is 23.5 Å². The molecule has 2 atom stereocenters. The lowest BCUT2D eigenvalue weighted by Crippen LogP contribution is -2.59.